The second kappa shape index (κ2) is 8.98. The van der Waals surface area contributed by atoms with E-state index in [9.17, 15) is 13.2 Å². The van der Waals surface area contributed by atoms with Gasteiger partial charge in [-0.15, -0.1) is 0 Å². The molecule has 8 heteroatoms. The molecule has 6 nitrogen and oxygen atoms in total. The van der Waals surface area contributed by atoms with Crippen molar-refractivity contribution in [2.45, 2.75) is 43.6 Å². The minimum Gasteiger partial charge on any atom is -0.377 e. The normalized spacial score (nSPS) is 17.6. The smallest absolute Gasteiger partial charge is 0.253 e. The van der Waals surface area contributed by atoms with Gasteiger partial charge in [0.2, 0.25) is 10.0 Å². The lowest BCUT2D eigenvalue weighted by molar-refractivity contribution is 0.0793. The fourth-order valence-corrected chi connectivity index (χ4v) is 4.24. The number of rotatable bonds is 8. The van der Waals surface area contributed by atoms with Crippen molar-refractivity contribution in [1.29, 1.82) is 0 Å². The molecule has 140 valence electrons. The molecule has 2 rings (SSSR count). The van der Waals surface area contributed by atoms with Crippen LogP contribution in [0.2, 0.25) is 5.02 Å². The highest BCUT2D eigenvalue weighted by molar-refractivity contribution is 7.89. The maximum atomic E-state index is 12.6. The van der Waals surface area contributed by atoms with Gasteiger partial charge in [-0.05, 0) is 37.5 Å². The first kappa shape index (κ1) is 20.2. The lowest BCUT2D eigenvalue weighted by Gasteiger charge is -2.18. The van der Waals surface area contributed by atoms with Crippen LogP contribution in [0.25, 0.3) is 0 Å². The number of halogens is 1. The number of unbranched alkanes of at least 4 members (excludes halogenated alkanes) is 1. The molecule has 1 amide bonds. The predicted molar refractivity (Wildman–Crippen MR) is 97.5 cm³/mol. The van der Waals surface area contributed by atoms with E-state index in [0.717, 1.165) is 25.7 Å². The highest BCUT2D eigenvalue weighted by Crippen LogP contribution is 2.23. The minimum absolute atomic E-state index is 0.0816. The number of nitrogens with zero attached hydrogens (tertiary/aromatic N) is 1. The summed E-state index contributed by atoms with van der Waals surface area (Å²) >= 11 is 6.07. The molecule has 1 fully saturated rings. The number of benzene rings is 1. The molecule has 0 bridgehead atoms. The van der Waals surface area contributed by atoms with Crippen molar-refractivity contribution >= 4 is 27.5 Å². The second-order valence-corrected chi connectivity index (χ2v) is 8.35. The van der Waals surface area contributed by atoms with Gasteiger partial charge in [-0.25, -0.2) is 13.1 Å². The van der Waals surface area contributed by atoms with Gasteiger partial charge in [0.1, 0.15) is 4.90 Å². The van der Waals surface area contributed by atoms with Gasteiger partial charge in [0.15, 0.2) is 0 Å². The first-order valence-electron chi connectivity index (χ1n) is 8.51. The maximum absolute atomic E-state index is 12.6. The fourth-order valence-electron chi connectivity index (χ4n) is 2.65. The van der Waals surface area contributed by atoms with Crippen LogP contribution in [-0.2, 0) is 14.8 Å². The summed E-state index contributed by atoms with van der Waals surface area (Å²) in [6.45, 7) is 3.52. The molecule has 0 aliphatic carbocycles. The summed E-state index contributed by atoms with van der Waals surface area (Å²) in [7, 11) is -2.10. The van der Waals surface area contributed by atoms with E-state index < -0.39 is 10.0 Å². The van der Waals surface area contributed by atoms with Gasteiger partial charge < -0.3 is 9.64 Å². The van der Waals surface area contributed by atoms with Gasteiger partial charge in [-0.3, -0.25) is 4.79 Å². The van der Waals surface area contributed by atoms with Gasteiger partial charge in [0, 0.05) is 32.3 Å². The Morgan fingerprint density at radius 2 is 2.20 bits per heavy atom. The summed E-state index contributed by atoms with van der Waals surface area (Å²) in [5, 5.41) is 0.0904. The fraction of sp³-hybridized carbons (Fsp3) is 0.588. The van der Waals surface area contributed by atoms with Gasteiger partial charge in [-0.1, -0.05) is 24.9 Å². The van der Waals surface area contributed by atoms with Crippen molar-refractivity contribution in [3.63, 3.8) is 0 Å². The lowest BCUT2D eigenvalue weighted by atomic mass is 10.2. The zero-order chi connectivity index (χ0) is 18.4. The lowest BCUT2D eigenvalue weighted by Crippen LogP contribution is -2.32. The number of amides is 1. The molecule has 25 heavy (non-hydrogen) atoms. The third kappa shape index (κ3) is 5.41. The Morgan fingerprint density at radius 1 is 1.44 bits per heavy atom. The number of hydrogen-bond donors (Lipinski definition) is 1. The predicted octanol–water partition coefficient (Wildman–Crippen LogP) is 2.67. The number of carbonyl (C=O) groups is 1. The third-order valence-corrected chi connectivity index (χ3v) is 6.09. The summed E-state index contributed by atoms with van der Waals surface area (Å²) in [4.78, 5) is 14.0. The van der Waals surface area contributed by atoms with Crippen LogP contribution in [0, 0.1) is 0 Å². The summed E-state index contributed by atoms with van der Waals surface area (Å²) in [5.41, 5.74) is 0.306. The van der Waals surface area contributed by atoms with Crippen LogP contribution in [0.1, 0.15) is 43.0 Å². The van der Waals surface area contributed by atoms with Crippen LogP contribution < -0.4 is 4.72 Å². The minimum atomic E-state index is -3.81. The molecule has 1 aliphatic heterocycles. The Morgan fingerprint density at radius 3 is 2.84 bits per heavy atom. The Labute approximate surface area is 154 Å². The van der Waals surface area contributed by atoms with Crippen LogP contribution in [-0.4, -0.2) is 52.1 Å². The Bertz CT molecular complexity index is 703. The summed E-state index contributed by atoms with van der Waals surface area (Å²) < 4.78 is 33.1. The molecule has 0 spiro atoms. The monoisotopic (exact) mass is 388 g/mol. The molecule has 1 aromatic carbocycles. The SMILES string of the molecule is CCCCN(C)C(=O)c1ccc(Cl)c(S(=O)(=O)NCC2CCCO2)c1. The Hall–Kier alpha value is -1.15. The molecule has 1 atom stereocenters. The van der Waals surface area contributed by atoms with Crippen molar-refractivity contribution in [3.8, 4) is 0 Å². The van der Waals surface area contributed by atoms with Crippen LogP contribution in [0.3, 0.4) is 0 Å². The molecule has 0 saturated carbocycles. The molecule has 1 N–H and O–H groups in total. The molecule has 1 unspecified atom stereocenters. The molecule has 0 aromatic heterocycles. The average molecular weight is 389 g/mol. The van der Waals surface area contributed by atoms with E-state index in [1.54, 1.807) is 18.0 Å². The quantitative estimate of drug-likeness (QED) is 0.742. The highest BCUT2D eigenvalue weighted by atomic mass is 35.5. The van der Waals surface area contributed by atoms with Crippen molar-refractivity contribution in [2.24, 2.45) is 0 Å². The van der Waals surface area contributed by atoms with Crippen LogP contribution in [0.5, 0.6) is 0 Å². The van der Waals surface area contributed by atoms with Gasteiger partial charge >= 0.3 is 0 Å². The highest BCUT2D eigenvalue weighted by Gasteiger charge is 2.24. The van der Waals surface area contributed by atoms with E-state index in [4.69, 9.17) is 16.3 Å². The number of hydrogen-bond acceptors (Lipinski definition) is 4. The number of nitrogens with one attached hydrogen (secondary N) is 1. The first-order chi connectivity index (χ1) is 11.8. The molecule has 1 saturated heterocycles. The average Bonchev–Trinajstić information content (AvgIpc) is 3.11. The largest absolute Gasteiger partial charge is 0.377 e. The van der Waals surface area contributed by atoms with E-state index >= 15 is 0 Å². The third-order valence-electron chi connectivity index (χ3n) is 4.19. The van der Waals surface area contributed by atoms with E-state index in [1.807, 2.05) is 6.92 Å². The second-order valence-electron chi connectivity index (χ2n) is 6.21. The van der Waals surface area contributed by atoms with Gasteiger partial charge in [0.25, 0.3) is 5.91 Å². The van der Waals surface area contributed by atoms with Crippen molar-refractivity contribution in [3.05, 3.63) is 28.8 Å². The first-order valence-corrected chi connectivity index (χ1v) is 10.4. The van der Waals surface area contributed by atoms with E-state index in [-0.39, 0.29) is 28.5 Å². The molecular formula is C17H25ClN2O4S. The Kier molecular flexibility index (Phi) is 7.25. The molecule has 0 radical (unpaired) electrons. The Balaban J connectivity index is 2.15. The van der Waals surface area contributed by atoms with Crippen LogP contribution in [0.15, 0.2) is 23.1 Å². The molecule has 1 aliphatic rings. The molecule has 1 heterocycles. The van der Waals surface area contributed by atoms with Crippen LogP contribution in [0.4, 0.5) is 0 Å². The zero-order valence-corrected chi connectivity index (χ0v) is 16.2. The maximum Gasteiger partial charge on any atom is 0.253 e. The van der Waals surface area contributed by atoms with E-state index in [2.05, 4.69) is 4.72 Å². The number of ether oxygens (including phenoxy) is 1. The van der Waals surface area contributed by atoms with Gasteiger partial charge in [-0.2, -0.15) is 0 Å². The summed E-state index contributed by atoms with van der Waals surface area (Å²) in [6, 6.07) is 4.33. The summed E-state index contributed by atoms with van der Waals surface area (Å²) in [5.74, 6) is -0.222. The zero-order valence-electron chi connectivity index (χ0n) is 14.6. The summed E-state index contributed by atoms with van der Waals surface area (Å²) in [6.07, 6.45) is 3.52. The van der Waals surface area contributed by atoms with E-state index in [0.29, 0.717) is 18.7 Å². The molecular weight excluding hydrogens is 364 g/mol. The van der Waals surface area contributed by atoms with Crippen molar-refractivity contribution in [1.82, 2.24) is 9.62 Å². The molecule has 1 aromatic rings. The topological polar surface area (TPSA) is 75.7 Å². The standard InChI is InChI=1S/C17H25ClN2O4S/c1-3-4-9-20(2)17(21)13-7-8-15(18)16(11-13)25(22,23)19-12-14-6-5-10-24-14/h7-8,11,14,19H,3-6,9-10,12H2,1-2H3. The number of carbonyl (C=O) groups excluding carboxylic acids is 1. The number of sulfonamides is 1. The van der Waals surface area contributed by atoms with Crippen LogP contribution >= 0.6 is 11.6 Å². The van der Waals surface area contributed by atoms with Crippen molar-refractivity contribution in [2.75, 3.05) is 26.7 Å². The van der Waals surface area contributed by atoms with Gasteiger partial charge in [0.05, 0.1) is 11.1 Å². The van der Waals surface area contributed by atoms with E-state index in [1.165, 1.54) is 12.1 Å². The van der Waals surface area contributed by atoms with Crippen molar-refractivity contribution < 1.29 is 17.9 Å².